The number of aromatic nitrogens is 3. The first-order valence-corrected chi connectivity index (χ1v) is 9.82. The van der Waals surface area contributed by atoms with Crippen molar-refractivity contribution < 1.29 is 0 Å². The quantitative estimate of drug-likeness (QED) is 0.637. The molecule has 0 saturated heterocycles. The molecule has 3 nitrogen and oxygen atoms in total. The molecule has 1 aliphatic rings. The highest BCUT2D eigenvalue weighted by molar-refractivity contribution is 7.97. The molecule has 1 aliphatic carbocycles. The molecule has 0 spiro atoms. The van der Waals surface area contributed by atoms with E-state index in [1.165, 1.54) is 48.7 Å². The van der Waals surface area contributed by atoms with Crippen LogP contribution in [0.3, 0.4) is 0 Å². The maximum atomic E-state index is 4.60. The fraction of sp³-hybridized carbons (Fsp3) is 0.400. The topological polar surface area (TPSA) is 30.7 Å². The molecule has 1 aromatic carbocycles. The maximum Gasteiger partial charge on any atom is 0.153 e. The van der Waals surface area contributed by atoms with Gasteiger partial charge in [-0.2, -0.15) is 0 Å². The third-order valence-electron chi connectivity index (χ3n) is 4.95. The summed E-state index contributed by atoms with van der Waals surface area (Å²) in [6.45, 7) is 0. The normalized spacial score (nSPS) is 15.8. The summed E-state index contributed by atoms with van der Waals surface area (Å²) in [6, 6.07) is 12.8. The van der Waals surface area contributed by atoms with E-state index in [0.717, 1.165) is 23.7 Å². The van der Waals surface area contributed by atoms with Crippen LogP contribution in [0.4, 0.5) is 0 Å². The SMILES string of the molecule is c1ccc(CSn2ccc3c(CC4CCCCC4)ncnc32)cc1. The summed E-state index contributed by atoms with van der Waals surface area (Å²) in [5.41, 5.74) is 3.61. The summed E-state index contributed by atoms with van der Waals surface area (Å²) in [4.78, 5) is 9.14. The average molecular weight is 337 g/mol. The molecule has 2 aromatic heterocycles. The van der Waals surface area contributed by atoms with E-state index in [2.05, 4.69) is 56.5 Å². The minimum absolute atomic E-state index is 0.803. The second-order valence-corrected chi connectivity index (χ2v) is 7.61. The van der Waals surface area contributed by atoms with Gasteiger partial charge in [0.05, 0.1) is 5.69 Å². The summed E-state index contributed by atoms with van der Waals surface area (Å²) < 4.78 is 2.19. The van der Waals surface area contributed by atoms with Crippen molar-refractivity contribution in [2.24, 2.45) is 5.92 Å². The van der Waals surface area contributed by atoms with Crippen molar-refractivity contribution in [1.29, 1.82) is 0 Å². The van der Waals surface area contributed by atoms with Gasteiger partial charge in [-0.25, -0.2) is 9.97 Å². The lowest BCUT2D eigenvalue weighted by Gasteiger charge is -2.21. The van der Waals surface area contributed by atoms with Gasteiger partial charge < -0.3 is 0 Å². The van der Waals surface area contributed by atoms with Crippen molar-refractivity contribution in [1.82, 2.24) is 13.9 Å². The fourth-order valence-corrected chi connectivity index (χ4v) is 4.53. The molecule has 0 amide bonds. The Hall–Kier alpha value is -1.81. The molecule has 0 aliphatic heterocycles. The van der Waals surface area contributed by atoms with E-state index in [1.807, 2.05) is 0 Å². The Labute approximate surface area is 147 Å². The Balaban J connectivity index is 1.52. The first-order valence-electron chi connectivity index (χ1n) is 8.88. The van der Waals surface area contributed by atoms with Gasteiger partial charge >= 0.3 is 0 Å². The molecular formula is C20H23N3S. The van der Waals surface area contributed by atoms with E-state index in [1.54, 1.807) is 18.3 Å². The fourth-order valence-electron chi connectivity index (χ4n) is 3.63. The van der Waals surface area contributed by atoms with E-state index in [4.69, 9.17) is 0 Å². The smallest absolute Gasteiger partial charge is 0.153 e. The van der Waals surface area contributed by atoms with Gasteiger partial charge in [0.2, 0.25) is 0 Å². The van der Waals surface area contributed by atoms with Crippen LogP contribution in [0.15, 0.2) is 48.9 Å². The standard InChI is InChI=1S/C20H23N3S/c1-3-7-16(8-4-1)13-19-18-11-12-23(20(18)22-15-21-19)24-14-17-9-5-2-6-10-17/h2,5-6,9-12,15-16H,1,3-4,7-8,13-14H2. The van der Waals surface area contributed by atoms with Crippen LogP contribution < -0.4 is 0 Å². The van der Waals surface area contributed by atoms with Crippen molar-refractivity contribution in [2.75, 3.05) is 0 Å². The Morgan fingerprint density at radius 1 is 1.00 bits per heavy atom. The van der Waals surface area contributed by atoms with Crippen LogP contribution in [0.5, 0.6) is 0 Å². The molecule has 2 heterocycles. The zero-order chi connectivity index (χ0) is 16.2. The summed E-state index contributed by atoms with van der Waals surface area (Å²) in [6.07, 6.45) is 11.9. The Kier molecular flexibility index (Phi) is 4.83. The predicted molar refractivity (Wildman–Crippen MR) is 101 cm³/mol. The largest absolute Gasteiger partial charge is 0.275 e. The van der Waals surface area contributed by atoms with Crippen LogP contribution >= 0.6 is 11.9 Å². The van der Waals surface area contributed by atoms with Crippen molar-refractivity contribution in [3.8, 4) is 0 Å². The molecule has 1 saturated carbocycles. The minimum atomic E-state index is 0.803. The summed E-state index contributed by atoms with van der Waals surface area (Å²) in [7, 11) is 0. The third kappa shape index (κ3) is 3.48. The lowest BCUT2D eigenvalue weighted by atomic mass is 9.86. The van der Waals surface area contributed by atoms with Crippen LogP contribution in [0, 0.1) is 5.92 Å². The van der Waals surface area contributed by atoms with Gasteiger partial charge in [0.15, 0.2) is 5.65 Å². The van der Waals surface area contributed by atoms with E-state index in [-0.39, 0.29) is 0 Å². The lowest BCUT2D eigenvalue weighted by molar-refractivity contribution is 0.355. The lowest BCUT2D eigenvalue weighted by Crippen LogP contribution is -2.10. The molecule has 124 valence electrons. The molecule has 4 rings (SSSR count). The Morgan fingerprint density at radius 3 is 2.67 bits per heavy atom. The Bertz CT molecular complexity index is 791. The summed E-state index contributed by atoms with van der Waals surface area (Å²) in [5.74, 6) is 1.75. The zero-order valence-electron chi connectivity index (χ0n) is 13.9. The highest BCUT2D eigenvalue weighted by Crippen LogP contribution is 2.29. The molecule has 0 atom stereocenters. The first kappa shape index (κ1) is 15.7. The second-order valence-electron chi connectivity index (χ2n) is 6.67. The van der Waals surface area contributed by atoms with Gasteiger partial charge in [-0.3, -0.25) is 3.97 Å². The molecule has 4 heteroatoms. The molecule has 0 N–H and O–H groups in total. The third-order valence-corrected chi connectivity index (χ3v) is 5.99. The van der Waals surface area contributed by atoms with Gasteiger partial charge in [-0.15, -0.1) is 0 Å². The van der Waals surface area contributed by atoms with Crippen LogP contribution in [-0.4, -0.2) is 13.9 Å². The molecule has 3 aromatic rings. The highest BCUT2D eigenvalue weighted by atomic mass is 32.2. The van der Waals surface area contributed by atoms with Gasteiger partial charge in [0.25, 0.3) is 0 Å². The van der Waals surface area contributed by atoms with Crippen LogP contribution in [0.25, 0.3) is 11.0 Å². The number of benzene rings is 1. The highest BCUT2D eigenvalue weighted by Gasteiger charge is 2.17. The van der Waals surface area contributed by atoms with Gasteiger partial charge in [0, 0.05) is 17.3 Å². The zero-order valence-corrected chi connectivity index (χ0v) is 14.7. The van der Waals surface area contributed by atoms with Crippen molar-refractivity contribution in [3.05, 3.63) is 60.2 Å². The molecule has 0 unspecified atom stereocenters. The van der Waals surface area contributed by atoms with Crippen LogP contribution in [0.1, 0.15) is 43.4 Å². The van der Waals surface area contributed by atoms with Gasteiger partial charge in [-0.1, -0.05) is 62.4 Å². The van der Waals surface area contributed by atoms with Crippen molar-refractivity contribution in [2.45, 2.75) is 44.3 Å². The number of hydrogen-bond acceptors (Lipinski definition) is 3. The number of fused-ring (bicyclic) bond motifs is 1. The molecular weight excluding hydrogens is 314 g/mol. The predicted octanol–water partition coefficient (Wildman–Crippen LogP) is 5.25. The minimum Gasteiger partial charge on any atom is -0.275 e. The number of hydrogen-bond donors (Lipinski definition) is 0. The summed E-state index contributed by atoms with van der Waals surface area (Å²) in [5, 5.41) is 1.23. The van der Waals surface area contributed by atoms with Crippen molar-refractivity contribution in [3.63, 3.8) is 0 Å². The summed E-state index contributed by atoms with van der Waals surface area (Å²) >= 11 is 1.79. The van der Waals surface area contributed by atoms with E-state index >= 15 is 0 Å². The number of rotatable bonds is 5. The molecule has 24 heavy (non-hydrogen) atoms. The van der Waals surface area contributed by atoms with E-state index < -0.39 is 0 Å². The maximum absolute atomic E-state index is 4.60. The molecule has 0 radical (unpaired) electrons. The monoisotopic (exact) mass is 337 g/mol. The second kappa shape index (κ2) is 7.39. The van der Waals surface area contributed by atoms with Crippen molar-refractivity contribution >= 4 is 23.0 Å². The Morgan fingerprint density at radius 2 is 1.83 bits per heavy atom. The average Bonchev–Trinajstić information content (AvgIpc) is 3.06. The van der Waals surface area contributed by atoms with Crippen LogP contribution in [0.2, 0.25) is 0 Å². The van der Waals surface area contributed by atoms with Gasteiger partial charge in [-0.05, 0) is 35.9 Å². The first-order chi connectivity index (χ1) is 11.9. The molecule has 0 bridgehead atoms. The van der Waals surface area contributed by atoms with E-state index in [0.29, 0.717) is 0 Å². The number of nitrogens with zero attached hydrogens (tertiary/aromatic N) is 3. The van der Waals surface area contributed by atoms with Crippen LogP contribution in [-0.2, 0) is 12.2 Å². The molecule has 1 fully saturated rings. The van der Waals surface area contributed by atoms with Gasteiger partial charge in [0.1, 0.15) is 6.33 Å². The van der Waals surface area contributed by atoms with E-state index in [9.17, 15) is 0 Å².